The van der Waals surface area contributed by atoms with E-state index in [1.165, 1.54) is 10.5 Å². The maximum absolute atomic E-state index is 13.1. The highest BCUT2D eigenvalue weighted by Gasteiger charge is 2.34. The van der Waals surface area contributed by atoms with Crippen LogP contribution in [0.5, 0.6) is 11.5 Å². The second-order valence-electron chi connectivity index (χ2n) is 8.13. The normalized spacial score (nSPS) is 16.0. The molecule has 2 aromatic rings. The third-order valence-corrected chi connectivity index (χ3v) is 5.40. The van der Waals surface area contributed by atoms with Gasteiger partial charge in [0.25, 0.3) is 11.8 Å². The van der Waals surface area contributed by atoms with Crippen LogP contribution in [0.25, 0.3) is 0 Å². The van der Waals surface area contributed by atoms with Crippen LogP contribution in [-0.4, -0.2) is 16.9 Å². The lowest BCUT2D eigenvalue weighted by molar-refractivity contribution is -0.122. The number of nitrogens with one attached hydrogen (secondary N) is 1. The first-order valence-electron chi connectivity index (χ1n) is 10.7. The number of thiocarbonyl (C=S) groups is 1. The Labute approximate surface area is 194 Å². The monoisotopic (exact) mass is 448 g/mol. The zero-order valence-electron chi connectivity index (χ0n) is 18.6. The van der Waals surface area contributed by atoms with Crippen LogP contribution < -0.4 is 15.0 Å². The summed E-state index contributed by atoms with van der Waals surface area (Å²) in [4.78, 5) is 26.9. The molecule has 1 aliphatic heterocycles. The molecular formula is C26H28N2O3S. The van der Waals surface area contributed by atoms with Gasteiger partial charge in [0.05, 0.1) is 5.69 Å². The zero-order valence-corrected chi connectivity index (χ0v) is 19.4. The van der Waals surface area contributed by atoms with Crippen LogP contribution in [-0.2, 0) is 9.59 Å². The minimum absolute atomic E-state index is 0.0745. The first-order valence-corrected chi connectivity index (χ1v) is 11.1. The number of carbonyl (C=O) groups excluding carboxylic acids is 2. The lowest BCUT2D eigenvalue weighted by Gasteiger charge is -2.29. The number of benzene rings is 2. The van der Waals surface area contributed by atoms with E-state index in [4.69, 9.17) is 17.0 Å². The zero-order chi connectivity index (χ0) is 23.1. The molecule has 1 unspecified atom stereocenters. The molecular weight excluding hydrogens is 420 g/mol. The molecule has 0 radical (unpaired) electrons. The van der Waals surface area contributed by atoms with Crippen molar-refractivity contribution in [1.82, 2.24) is 5.32 Å². The van der Waals surface area contributed by atoms with Gasteiger partial charge in [-0.2, -0.15) is 0 Å². The van der Waals surface area contributed by atoms with Gasteiger partial charge in [-0.3, -0.25) is 19.8 Å². The molecule has 1 heterocycles. The Morgan fingerprint density at radius 3 is 2.38 bits per heavy atom. The Morgan fingerprint density at radius 2 is 1.72 bits per heavy atom. The first-order chi connectivity index (χ1) is 15.3. The maximum Gasteiger partial charge on any atom is 0.269 e. The van der Waals surface area contributed by atoms with Crippen molar-refractivity contribution in [2.24, 2.45) is 5.92 Å². The molecule has 0 saturated carbocycles. The van der Waals surface area contributed by atoms with Gasteiger partial charge in [0.1, 0.15) is 17.1 Å². The summed E-state index contributed by atoms with van der Waals surface area (Å²) in [5.41, 5.74) is 1.99. The molecule has 0 aromatic heterocycles. The number of para-hydroxylation sites is 1. The van der Waals surface area contributed by atoms with Crippen LogP contribution in [0.1, 0.15) is 40.0 Å². The number of hydrogen-bond acceptors (Lipinski definition) is 4. The molecule has 1 fully saturated rings. The average Bonchev–Trinajstić information content (AvgIpc) is 2.75. The molecule has 32 heavy (non-hydrogen) atoms. The van der Waals surface area contributed by atoms with E-state index in [1.54, 1.807) is 30.3 Å². The Kier molecular flexibility index (Phi) is 7.95. The highest BCUT2D eigenvalue weighted by atomic mass is 32.1. The molecule has 0 aliphatic carbocycles. The van der Waals surface area contributed by atoms with Gasteiger partial charge in [0.2, 0.25) is 0 Å². The maximum atomic E-state index is 13.1. The number of anilines is 1. The molecule has 1 atom stereocenters. The molecule has 6 heteroatoms. The standard InChI is InChI=1S/C26H28N2O3S/c1-18(2)8-7-9-19(3)12-17-23-24(29)27-26(32)28(25(23)30)20-13-15-22(16-14-20)31-21-10-5-4-6-11-21/h4-6,8,10-11,13-17,19H,7,9,12H2,1-3H3,(H,27,29,32)/b23-17+. The third kappa shape index (κ3) is 6.14. The molecule has 2 aromatic carbocycles. The molecule has 1 aliphatic rings. The van der Waals surface area contributed by atoms with E-state index in [1.807, 2.05) is 30.3 Å². The lowest BCUT2D eigenvalue weighted by Crippen LogP contribution is -2.54. The molecule has 0 bridgehead atoms. The lowest BCUT2D eigenvalue weighted by atomic mass is 9.98. The molecule has 166 valence electrons. The fourth-order valence-corrected chi connectivity index (χ4v) is 3.61. The highest BCUT2D eigenvalue weighted by Crippen LogP contribution is 2.27. The van der Waals surface area contributed by atoms with Crippen LogP contribution in [0.3, 0.4) is 0 Å². The van der Waals surface area contributed by atoms with Gasteiger partial charge in [-0.1, -0.05) is 42.8 Å². The summed E-state index contributed by atoms with van der Waals surface area (Å²) in [5.74, 6) is 0.862. The van der Waals surface area contributed by atoms with Crippen LogP contribution in [0.4, 0.5) is 5.69 Å². The van der Waals surface area contributed by atoms with E-state index in [2.05, 4.69) is 32.2 Å². The van der Waals surface area contributed by atoms with E-state index in [0.717, 1.165) is 18.6 Å². The summed E-state index contributed by atoms with van der Waals surface area (Å²) in [6.07, 6.45) is 6.56. The van der Waals surface area contributed by atoms with E-state index in [-0.39, 0.29) is 10.7 Å². The highest BCUT2D eigenvalue weighted by molar-refractivity contribution is 7.80. The van der Waals surface area contributed by atoms with E-state index >= 15 is 0 Å². The van der Waals surface area contributed by atoms with Crippen molar-refractivity contribution >= 4 is 34.8 Å². The van der Waals surface area contributed by atoms with Gasteiger partial charge >= 0.3 is 0 Å². The Hall–Kier alpha value is -3.25. The molecule has 1 saturated heterocycles. The largest absolute Gasteiger partial charge is 0.457 e. The topological polar surface area (TPSA) is 58.6 Å². The first kappa shape index (κ1) is 23.4. The van der Waals surface area contributed by atoms with Gasteiger partial charge in [-0.15, -0.1) is 0 Å². The van der Waals surface area contributed by atoms with Crippen LogP contribution in [0.2, 0.25) is 0 Å². The molecule has 0 spiro atoms. The fourth-order valence-electron chi connectivity index (χ4n) is 3.33. The summed E-state index contributed by atoms with van der Waals surface area (Å²) in [7, 11) is 0. The van der Waals surface area contributed by atoms with Gasteiger partial charge < -0.3 is 4.74 Å². The number of hydrogen-bond donors (Lipinski definition) is 1. The van der Waals surface area contributed by atoms with E-state index in [9.17, 15) is 9.59 Å². The number of ether oxygens (including phenoxy) is 1. The van der Waals surface area contributed by atoms with Gasteiger partial charge in [0, 0.05) is 0 Å². The molecule has 5 nitrogen and oxygen atoms in total. The third-order valence-electron chi connectivity index (χ3n) is 5.11. The second kappa shape index (κ2) is 10.9. The van der Waals surface area contributed by atoms with Gasteiger partial charge in [0.15, 0.2) is 5.11 Å². The predicted molar refractivity (Wildman–Crippen MR) is 132 cm³/mol. The predicted octanol–water partition coefficient (Wildman–Crippen LogP) is 5.93. The Bertz CT molecular complexity index is 1040. The van der Waals surface area contributed by atoms with E-state index < -0.39 is 11.8 Å². The number of rotatable bonds is 8. The van der Waals surface area contributed by atoms with Crippen LogP contribution in [0, 0.1) is 5.92 Å². The van der Waals surface area contributed by atoms with Crippen molar-refractivity contribution in [1.29, 1.82) is 0 Å². The number of amides is 2. The SMILES string of the molecule is CC(C)=CCCC(C)C/C=C1\C(=O)NC(=S)N(c2ccc(Oc3ccccc3)cc2)C1=O. The van der Waals surface area contributed by atoms with E-state index in [0.29, 0.717) is 23.8 Å². The summed E-state index contributed by atoms with van der Waals surface area (Å²) >= 11 is 5.28. The summed E-state index contributed by atoms with van der Waals surface area (Å²) < 4.78 is 5.80. The van der Waals surface area contributed by atoms with Crippen molar-refractivity contribution in [3.63, 3.8) is 0 Å². The van der Waals surface area contributed by atoms with Crippen molar-refractivity contribution in [2.75, 3.05) is 4.90 Å². The minimum Gasteiger partial charge on any atom is -0.457 e. The van der Waals surface area contributed by atoms with Crippen molar-refractivity contribution in [2.45, 2.75) is 40.0 Å². The quantitative estimate of drug-likeness (QED) is 0.235. The van der Waals surface area contributed by atoms with Crippen molar-refractivity contribution in [3.8, 4) is 11.5 Å². The smallest absolute Gasteiger partial charge is 0.269 e. The Balaban J connectivity index is 1.71. The molecule has 3 rings (SSSR count). The summed E-state index contributed by atoms with van der Waals surface area (Å²) in [6.45, 7) is 6.28. The summed E-state index contributed by atoms with van der Waals surface area (Å²) in [6, 6.07) is 16.5. The average molecular weight is 449 g/mol. The Morgan fingerprint density at radius 1 is 1.06 bits per heavy atom. The minimum atomic E-state index is -0.447. The fraction of sp³-hybridized carbons (Fsp3) is 0.269. The van der Waals surface area contributed by atoms with Crippen LogP contribution in [0.15, 0.2) is 77.9 Å². The summed E-state index contributed by atoms with van der Waals surface area (Å²) in [5, 5.41) is 2.71. The van der Waals surface area contributed by atoms with Crippen molar-refractivity contribution < 1.29 is 14.3 Å². The number of allylic oxidation sites excluding steroid dienone is 3. The second-order valence-corrected chi connectivity index (χ2v) is 8.51. The van der Waals surface area contributed by atoms with Crippen LogP contribution >= 0.6 is 12.2 Å². The van der Waals surface area contributed by atoms with Gasteiger partial charge in [-0.25, -0.2) is 0 Å². The van der Waals surface area contributed by atoms with Crippen molar-refractivity contribution in [3.05, 3.63) is 77.9 Å². The van der Waals surface area contributed by atoms with Gasteiger partial charge in [-0.05, 0) is 87.6 Å². The molecule has 2 amide bonds. The molecule has 1 N–H and O–H groups in total. The number of nitrogens with zero attached hydrogens (tertiary/aromatic N) is 1. The number of carbonyl (C=O) groups is 2.